The highest BCUT2D eigenvalue weighted by atomic mass is 32.2. The maximum absolute atomic E-state index is 13.1. The Kier molecular flexibility index (Phi) is 6.50. The van der Waals surface area contributed by atoms with Gasteiger partial charge in [-0.25, -0.2) is 4.98 Å². The highest BCUT2D eigenvalue weighted by Crippen LogP contribution is 2.28. The molecule has 0 bridgehead atoms. The van der Waals surface area contributed by atoms with Crippen LogP contribution in [-0.4, -0.2) is 38.0 Å². The molecule has 3 aromatic heterocycles. The quantitative estimate of drug-likeness (QED) is 0.581. The lowest BCUT2D eigenvalue weighted by Gasteiger charge is -2.19. The lowest BCUT2D eigenvalue weighted by molar-refractivity contribution is 0.0925. The molecule has 2 N–H and O–H groups in total. The van der Waals surface area contributed by atoms with Crippen molar-refractivity contribution < 1.29 is 9.32 Å². The van der Waals surface area contributed by atoms with Crippen molar-refractivity contribution in [1.29, 1.82) is 0 Å². The molecule has 4 rings (SSSR count). The van der Waals surface area contributed by atoms with Crippen LogP contribution in [0.4, 0.5) is 0 Å². The van der Waals surface area contributed by atoms with Gasteiger partial charge in [-0.15, -0.1) is 0 Å². The molecule has 0 spiro atoms. The predicted molar refractivity (Wildman–Crippen MR) is 119 cm³/mol. The number of rotatable bonds is 7. The van der Waals surface area contributed by atoms with Crippen LogP contribution in [0, 0.1) is 5.92 Å². The van der Waals surface area contributed by atoms with Crippen molar-refractivity contribution in [1.82, 2.24) is 25.4 Å². The van der Waals surface area contributed by atoms with Crippen molar-refractivity contribution in [3.05, 3.63) is 63.5 Å². The van der Waals surface area contributed by atoms with E-state index in [1.807, 2.05) is 12.3 Å². The van der Waals surface area contributed by atoms with E-state index >= 15 is 0 Å². The number of thioether (sulfide) groups is 1. The summed E-state index contributed by atoms with van der Waals surface area (Å²) in [5.74, 6) is 2.16. The fourth-order valence-electron chi connectivity index (χ4n) is 3.79. The lowest BCUT2D eigenvalue weighted by atomic mass is 9.88. The van der Waals surface area contributed by atoms with E-state index in [4.69, 9.17) is 4.52 Å². The molecule has 0 unspecified atom stereocenters. The van der Waals surface area contributed by atoms with Crippen molar-refractivity contribution >= 4 is 17.7 Å². The van der Waals surface area contributed by atoms with Crippen molar-refractivity contribution in [2.75, 3.05) is 12.0 Å². The Bertz CT molecular complexity index is 1110. The monoisotopic (exact) mass is 439 g/mol. The Labute approximate surface area is 184 Å². The van der Waals surface area contributed by atoms with Crippen molar-refractivity contribution in [3.8, 4) is 11.5 Å². The molecule has 0 saturated heterocycles. The number of fused-ring (bicyclic) bond motifs is 1. The highest BCUT2D eigenvalue weighted by molar-refractivity contribution is 7.98. The van der Waals surface area contributed by atoms with Crippen molar-refractivity contribution in [3.63, 3.8) is 0 Å². The molecule has 162 valence electrons. The summed E-state index contributed by atoms with van der Waals surface area (Å²) in [5, 5.41) is 7.08. The Morgan fingerprint density at radius 3 is 3.06 bits per heavy atom. The summed E-state index contributed by atoms with van der Waals surface area (Å²) in [6, 6.07) is 6.40. The molecule has 0 aliphatic heterocycles. The predicted octanol–water partition coefficient (Wildman–Crippen LogP) is 3.17. The standard InChI is InChI=1S/C22H25N5O3S/c1-13-6-7-18-14(11-13)20(27-30-18)22(29)25-15(8-10-31-2)17-12-19(28)26-21(24-17)16-5-3-4-9-23-16/h3-5,9,12-13,15H,6-8,10-11H2,1-2H3,(H,25,29)(H,24,26,28)/t13-,15-/m1/s1. The largest absolute Gasteiger partial charge is 0.360 e. The van der Waals surface area contributed by atoms with Crippen LogP contribution in [-0.2, 0) is 12.8 Å². The van der Waals surface area contributed by atoms with E-state index in [0.29, 0.717) is 35.2 Å². The molecule has 1 aliphatic rings. The zero-order valence-electron chi connectivity index (χ0n) is 17.6. The van der Waals surface area contributed by atoms with Gasteiger partial charge in [0.2, 0.25) is 0 Å². The fourth-order valence-corrected chi connectivity index (χ4v) is 4.26. The summed E-state index contributed by atoms with van der Waals surface area (Å²) in [7, 11) is 0. The van der Waals surface area contributed by atoms with Gasteiger partial charge in [-0.1, -0.05) is 18.1 Å². The third-order valence-corrected chi connectivity index (χ3v) is 6.09. The number of hydrogen-bond acceptors (Lipinski definition) is 7. The van der Waals surface area contributed by atoms with Crippen LogP contribution in [0.15, 0.2) is 39.8 Å². The minimum Gasteiger partial charge on any atom is -0.360 e. The SMILES string of the molecule is CSCC[C@@H](NC(=O)c1noc2c1C[C@H](C)CC2)c1cc(=O)[nH]c(-c2ccccn2)n1. The topological polar surface area (TPSA) is 114 Å². The smallest absolute Gasteiger partial charge is 0.274 e. The molecular weight excluding hydrogens is 414 g/mol. The molecule has 0 fully saturated rings. The Morgan fingerprint density at radius 2 is 2.29 bits per heavy atom. The van der Waals surface area contributed by atoms with Gasteiger partial charge in [0.1, 0.15) is 11.5 Å². The number of amides is 1. The van der Waals surface area contributed by atoms with Crippen LogP contribution in [0.3, 0.4) is 0 Å². The van der Waals surface area contributed by atoms with Gasteiger partial charge in [0.05, 0.1) is 11.7 Å². The molecule has 2 atom stereocenters. The number of nitrogens with one attached hydrogen (secondary N) is 2. The number of aromatic amines is 1. The maximum Gasteiger partial charge on any atom is 0.274 e. The van der Waals surface area contributed by atoms with Crippen molar-refractivity contribution in [2.24, 2.45) is 5.92 Å². The molecule has 1 amide bonds. The third kappa shape index (κ3) is 4.87. The van der Waals surface area contributed by atoms with E-state index in [1.165, 1.54) is 6.07 Å². The maximum atomic E-state index is 13.1. The Balaban J connectivity index is 1.63. The molecule has 3 heterocycles. The molecule has 0 aromatic carbocycles. The second kappa shape index (κ2) is 9.47. The summed E-state index contributed by atoms with van der Waals surface area (Å²) >= 11 is 1.67. The number of hydrogen-bond donors (Lipinski definition) is 2. The number of aryl methyl sites for hydroxylation is 1. The van der Waals surface area contributed by atoms with Gasteiger partial charge in [-0.05, 0) is 49.3 Å². The second-order valence-electron chi connectivity index (χ2n) is 7.82. The number of aromatic nitrogens is 4. The minimum absolute atomic E-state index is 0.290. The van der Waals surface area contributed by atoms with Gasteiger partial charge in [0.15, 0.2) is 11.5 Å². The summed E-state index contributed by atoms with van der Waals surface area (Å²) < 4.78 is 5.43. The van der Waals surface area contributed by atoms with E-state index in [1.54, 1.807) is 30.1 Å². The van der Waals surface area contributed by atoms with Crippen LogP contribution in [0.1, 0.15) is 53.3 Å². The zero-order valence-corrected chi connectivity index (χ0v) is 18.4. The van der Waals surface area contributed by atoms with E-state index < -0.39 is 6.04 Å². The minimum atomic E-state index is -0.432. The van der Waals surface area contributed by atoms with E-state index in [2.05, 4.69) is 32.3 Å². The number of carbonyl (C=O) groups excluding carboxylic acids is 1. The highest BCUT2D eigenvalue weighted by Gasteiger charge is 2.28. The van der Waals surface area contributed by atoms with Crippen LogP contribution >= 0.6 is 11.8 Å². The van der Waals surface area contributed by atoms with Crippen LogP contribution in [0.2, 0.25) is 0 Å². The number of H-pyrrole nitrogens is 1. The summed E-state index contributed by atoms with van der Waals surface area (Å²) in [6.45, 7) is 2.16. The van der Waals surface area contributed by atoms with Gasteiger partial charge in [0, 0.05) is 24.2 Å². The first kappa shape index (κ1) is 21.3. The molecule has 31 heavy (non-hydrogen) atoms. The first-order valence-electron chi connectivity index (χ1n) is 10.3. The molecular formula is C22H25N5O3S. The fraction of sp³-hybridized carbons (Fsp3) is 0.409. The van der Waals surface area contributed by atoms with Crippen molar-refractivity contribution in [2.45, 2.75) is 38.6 Å². The molecule has 9 heteroatoms. The van der Waals surface area contributed by atoms with Gasteiger partial charge in [-0.2, -0.15) is 11.8 Å². The average Bonchev–Trinajstić information content (AvgIpc) is 3.20. The number of carbonyl (C=O) groups is 1. The third-order valence-electron chi connectivity index (χ3n) is 5.44. The average molecular weight is 440 g/mol. The molecule has 1 aliphatic carbocycles. The van der Waals surface area contributed by atoms with Gasteiger partial charge in [0.25, 0.3) is 11.5 Å². The molecule has 0 radical (unpaired) electrons. The van der Waals surface area contributed by atoms with Gasteiger partial charge >= 0.3 is 0 Å². The van der Waals surface area contributed by atoms with E-state index in [0.717, 1.165) is 36.3 Å². The molecule has 3 aromatic rings. The second-order valence-corrected chi connectivity index (χ2v) is 8.81. The normalized spacial score (nSPS) is 16.5. The van der Waals surface area contributed by atoms with Crippen LogP contribution < -0.4 is 10.9 Å². The molecule has 8 nitrogen and oxygen atoms in total. The van der Waals surface area contributed by atoms with E-state index in [9.17, 15) is 9.59 Å². The summed E-state index contributed by atoms with van der Waals surface area (Å²) in [4.78, 5) is 37.0. The van der Waals surface area contributed by atoms with Crippen LogP contribution in [0.5, 0.6) is 0 Å². The first-order valence-corrected chi connectivity index (χ1v) is 11.7. The lowest BCUT2D eigenvalue weighted by Crippen LogP contribution is -2.32. The Morgan fingerprint density at radius 1 is 1.42 bits per heavy atom. The first-order chi connectivity index (χ1) is 15.0. The van der Waals surface area contributed by atoms with E-state index in [-0.39, 0.29) is 11.5 Å². The van der Waals surface area contributed by atoms with Gasteiger partial charge < -0.3 is 14.8 Å². The summed E-state index contributed by atoms with van der Waals surface area (Å²) in [5.41, 5.74) is 2.01. The Hall–Kier alpha value is -2.94. The summed E-state index contributed by atoms with van der Waals surface area (Å²) in [6.07, 6.45) is 6.89. The number of pyridine rings is 1. The van der Waals surface area contributed by atoms with Gasteiger partial charge in [-0.3, -0.25) is 14.6 Å². The number of nitrogens with zero attached hydrogens (tertiary/aromatic N) is 3. The zero-order chi connectivity index (χ0) is 21.8. The van der Waals surface area contributed by atoms with Crippen LogP contribution in [0.25, 0.3) is 11.5 Å². The molecule has 0 saturated carbocycles.